The molecule has 8 nitrogen and oxygen atoms in total. The summed E-state index contributed by atoms with van der Waals surface area (Å²) in [7, 11) is 0. The molecule has 2 rings (SSSR count). The van der Waals surface area contributed by atoms with Gasteiger partial charge in [0.15, 0.2) is 0 Å². The molecular formula is C16H18N4O4S. The number of carbonyl (C=O) groups is 2. The van der Waals surface area contributed by atoms with Crippen molar-refractivity contribution >= 4 is 29.3 Å². The molecule has 0 spiro atoms. The first kappa shape index (κ1) is 18.7. The van der Waals surface area contributed by atoms with Crippen LogP contribution in [0.1, 0.15) is 29.4 Å². The van der Waals surface area contributed by atoms with Crippen LogP contribution in [0.15, 0.2) is 34.1 Å². The molecule has 0 bridgehead atoms. The van der Waals surface area contributed by atoms with Gasteiger partial charge in [0.1, 0.15) is 5.03 Å². The lowest BCUT2D eigenvalue weighted by molar-refractivity contribution is -0.113. The second-order valence-electron chi connectivity index (χ2n) is 5.08. The first-order chi connectivity index (χ1) is 12.0. The molecule has 0 unspecified atom stereocenters. The highest BCUT2D eigenvalue weighted by atomic mass is 32.2. The molecule has 25 heavy (non-hydrogen) atoms. The van der Waals surface area contributed by atoms with Crippen LogP contribution in [-0.4, -0.2) is 39.4 Å². The summed E-state index contributed by atoms with van der Waals surface area (Å²) in [6.07, 6.45) is 0.740. The number of aryl methyl sites for hydroxylation is 1. The maximum atomic E-state index is 12.1. The summed E-state index contributed by atoms with van der Waals surface area (Å²) in [4.78, 5) is 38.8. The molecule has 2 N–H and O–H groups in total. The number of carbonyl (C=O) groups excluding carboxylic acids is 2. The Labute approximate surface area is 148 Å². The summed E-state index contributed by atoms with van der Waals surface area (Å²) in [5.74, 6) is -0.656. The van der Waals surface area contributed by atoms with Crippen molar-refractivity contribution in [2.45, 2.75) is 25.3 Å². The number of benzene rings is 1. The smallest absolute Gasteiger partial charge is 0.362 e. The second-order valence-corrected chi connectivity index (χ2v) is 6.05. The number of hydrogen-bond acceptors (Lipinski definition) is 7. The number of aromatic amines is 1. The van der Waals surface area contributed by atoms with Gasteiger partial charge in [-0.2, -0.15) is 10.1 Å². The number of hydrogen-bond donors (Lipinski definition) is 2. The minimum absolute atomic E-state index is 0.0590. The van der Waals surface area contributed by atoms with Crippen LogP contribution in [0.4, 0.5) is 5.69 Å². The largest absolute Gasteiger partial charge is 0.462 e. The van der Waals surface area contributed by atoms with E-state index in [-0.39, 0.29) is 11.7 Å². The van der Waals surface area contributed by atoms with Crippen LogP contribution in [-0.2, 0) is 9.53 Å². The number of aromatic nitrogens is 3. The van der Waals surface area contributed by atoms with Gasteiger partial charge < -0.3 is 10.1 Å². The third-order valence-corrected chi connectivity index (χ3v) is 4.06. The lowest BCUT2D eigenvalue weighted by Gasteiger charge is -2.08. The summed E-state index contributed by atoms with van der Waals surface area (Å²) in [6, 6.07) is 6.52. The fraction of sp³-hybridized carbons (Fsp3) is 0.312. The number of nitrogens with one attached hydrogen (secondary N) is 2. The molecule has 0 fully saturated rings. The van der Waals surface area contributed by atoms with E-state index < -0.39 is 11.7 Å². The number of nitrogens with zero attached hydrogens (tertiary/aromatic N) is 2. The van der Waals surface area contributed by atoms with Crippen molar-refractivity contribution in [3.05, 3.63) is 46.0 Å². The van der Waals surface area contributed by atoms with E-state index in [0.717, 1.165) is 18.2 Å². The number of anilines is 1. The summed E-state index contributed by atoms with van der Waals surface area (Å²) in [5.41, 5.74) is 0.838. The van der Waals surface area contributed by atoms with Crippen molar-refractivity contribution < 1.29 is 14.3 Å². The van der Waals surface area contributed by atoms with Gasteiger partial charge in [-0.05, 0) is 31.5 Å². The van der Waals surface area contributed by atoms with Gasteiger partial charge >= 0.3 is 11.7 Å². The molecule has 1 aromatic heterocycles. The normalized spacial score (nSPS) is 10.3. The molecule has 0 radical (unpaired) electrons. The number of amides is 1. The Morgan fingerprint density at radius 1 is 1.36 bits per heavy atom. The topological polar surface area (TPSA) is 114 Å². The number of H-pyrrole nitrogens is 1. The quantitative estimate of drug-likeness (QED) is 0.570. The summed E-state index contributed by atoms with van der Waals surface area (Å²) in [5, 5.41) is 9.11. The third kappa shape index (κ3) is 5.71. The van der Waals surface area contributed by atoms with E-state index in [0.29, 0.717) is 28.6 Å². The van der Waals surface area contributed by atoms with Crippen LogP contribution in [0.25, 0.3) is 0 Å². The van der Waals surface area contributed by atoms with Crippen LogP contribution in [0.3, 0.4) is 0 Å². The molecule has 132 valence electrons. The molecule has 1 heterocycles. The van der Waals surface area contributed by atoms with Crippen molar-refractivity contribution in [2.24, 2.45) is 0 Å². The fourth-order valence-electron chi connectivity index (χ4n) is 1.85. The Morgan fingerprint density at radius 3 is 2.92 bits per heavy atom. The van der Waals surface area contributed by atoms with Crippen molar-refractivity contribution in [2.75, 3.05) is 17.7 Å². The molecule has 0 atom stereocenters. The predicted octanol–water partition coefficient (Wildman–Crippen LogP) is 1.77. The molecule has 0 saturated carbocycles. The van der Waals surface area contributed by atoms with E-state index >= 15 is 0 Å². The molecule has 0 aliphatic rings. The molecule has 0 aliphatic heterocycles. The van der Waals surface area contributed by atoms with Crippen LogP contribution >= 0.6 is 11.8 Å². The van der Waals surface area contributed by atoms with E-state index in [1.54, 1.807) is 31.2 Å². The van der Waals surface area contributed by atoms with Crippen molar-refractivity contribution in [1.82, 2.24) is 15.2 Å². The molecule has 2 aromatic rings. The molecular weight excluding hydrogens is 344 g/mol. The van der Waals surface area contributed by atoms with E-state index in [1.807, 2.05) is 6.92 Å². The molecule has 0 aliphatic carbocycles. The second kappa shape index (κ2) is 8.97. The first-order valence-corrected chi connectivity index (χ1v) is 8.61. The van der Waals surface area contributed by atoms with E-state index in [2.05, 4.69) is 20.5 Å². The number of rotatable bonds is 7. The monoisotopic (exact) mass is 362 g/mol. The predicted molar refractivity (Wildman–Crippen MR) is 93.8 cm³/mol. The van der Waals surface area contributed by atoms with Crippen molar-refractivity contribution in [3.8, 4) is 0 Å². The maximum absolute atomic E-state index is 12.1. The molecule has 1 aromatic carbocycles. The maximum Gasteiger partial charge on any atom is 0.362 e. The van der Waals surface area contributed by atoms with Gasteiger partial charge in [-0.25, -0.2) is 14.7 Å². The minimum Gasteiger partial charge on any atom is -0.462 e. The van der Waals surface area contributed by atoms with Gasteiger partial charge in [-0.1, -0.05) is 24.8 Å². The van der Waals surface area contributed by atoms with E-state index in [1.165, 1.54) is 0 Å². The van der Waals surface area contributed by atoms with E-state index in [4.69, 9.17) is 4.74 Å². The van der Waals surface area contributed by atoms with Gasteiger partial charge in [0.05, 0.1) is 23.6 Å². The average Bonchev–Trinajstić information content (AvgIpc) is 2.60. The lowest BCUT2D eigenvalue weighted by atomic mass is 10.2. The van der Waals surface area contributed by atoms with Crippen LogP contribution in [0.5, 0.6) is 0 Å². The zero-order valence-corrected chi connectivity index (χ0v) is 14.7. The standard InChI is InChI=1S/C16H18N4O4S/c1-3-7-24-15(22)11-5-4-6-12(8-11)17-13(21)9-25-14-10(2)19-20-16(23)18-14/h4-6,8H,3,7,9H2,1-2H3,(H,17,21)(H,18,20,23). The Hall–Kier alpha value is -2.68. The minimum atomic E-state index is -0.563. The van der Waals surface area contributed by atoms with Crippen LogP contribution in [0, 0.1) is 6.92 Å². The zero-order valence-electron chi connectivity index (χ0n) is 13.9. The van der Waals surface area contributed by atoms with Crippen LogP contribution in [0.2, 0.25) is 0 Å². The SMILES string of the molecule is CCCOC(=O)c1cccc(NC(=O)CSc2nc(=O)[nH]nc2C)c1. The number of thioether (sulfide) groups is 1. The highest BCUT2D eigenvalue weighted by Crippen LogP contribution is 2.17. The zero-order chi connectivity index (χ0) is 18.2. The highest BCUT2D eigenvalue weighted by molar-refractivity contribution is 8.00. The Balaban J connectivity index is 1.95. The molecule has 1 amide bonds. The number of ether oxygens (including phenoxy) is 1. The summed E-state index contributed by atoms with van der Waals surface area (Å²) in [6.45, 7) is 3.95. The Bertz CT molecular complexity index is 822. The van der Waals surface area contributed by atoms with Gasteiger partial charge in [0, 0.05) is 5.69 Å². The Kier molecular flexibility index (Phi) is 6.70. The third-order valence-electron chi connectivity index (χ3n) is 2.99. The van der Waals surface area contributed by atoms with Gasteiger partial charge in [-0.15, -0.1) is 0 Å². The highest BCUT2D eigenvalue weighted by Gasteiger charge is 2.11. The lowest BCUT2D eigenvalue weighted by Crippen LogP contribution is -2.17. The van der Waals surface area contributed by atoms with Gasteiger partial charge in [0.2, 0.25) is 5.91 Å². The summed E-state index contributed by atoms with van der Waals surface area (Å²) < 4.78 is 5.06. The fourth-order valence-corrected chi connectivity index (χ4v) is 2.59. The van der Waals surface area contributed by atoms with E-state index in [9.17, 15) is 14.4 Å². The van der Waals surface area contributed by atoms with Gasteiger partial charge in [0.25, 0.3) is 0 Å². The average molecular weight is 362 g/mol. The van der Waals surface area contributed by atoms with Crippen LogP contribution < -0.4 is 11.0 Å². The molecule has 0 saturated heterocycles. The number of esters is 1. The van der Waals surface area contributed by atoms with Crippen molar-refractivity contribution in [3.63, 3.8) is 0 Å². The summed E-state index contributed by atoms with van der Waals surface area (Å²) >= 11 is 1.11. The molecule has 9 heteroatoms. The van der Waals surface area contributed by atoms with Crippen molar-refractivity contribution in [1.29, 1.82) is 0 Å². The van der Waals surface area contributed by atoms with Gasteiger partial charge in [-0.3, -0.25) is 4.79 Å². The Morgan fingerprint density at radius 2 is 2.16 bits per heavy atom. The first-order valence-electron chi connectivity index (χ1n) is 7.62.